The van der Waals surface area contributed by atoms with Crippen LogP contribution in [0.5, 0.6) is 0 Å². The van der Waals surface area contributed by atoms with Crippen LogP contribution in [0.3, 0.4) is 0 Å². The van der Waals surface area contributed by atoms with E-state index in [4.69, 9.17) is 0 Å². The van der Waals surface area contributed by atoms with Gasteiger partial charge in [0.2, 0.25) is 0 Å². The smallest absolute Gasteiger partial charge is 0.0361 e. The van der Waals surface area contributed by atoms with Gasteiger partial charge in [0.05, 0.1) is 0 Å². The zero-order valence-corrected chi connectivity index (χ0v) is 10.6. The summed E-state index contributed by atoms with van der Waals surface area (Å²) in [5, 5.41) is 3.53. The second kappa shape index (κ2) is 4.45. The van der Waals surface area contributed by atoms with Crippen LogP contribution in [0.4, 0.5) is 0 Å². The molecule has 0 N–H and O–H groups in total. The van der Waals surface area contributed by atoms with Crippen molar-refractivity contribution in [3.8, 4) is 0 Å². The molecule has 0 bridgehead atoms. The molecular weight excluding hydrogens is 256 g/mol. The minimum Gasteiger partial charge on any atom is -0.143 e. The van der Waals surface area contributed by atoms with Crippen molar-refractivity contribution >= 4 is 37.4 Å². The first-order chi connectivity index (χ1) is 6.81. The van der Waals surface area contributed by atoms with Gasteiger partial charge in [-0.05, 0) is 46.5 Å². The van der Waals surface area contributed by atoms with E-state index in [2.05, 4.69) is 46.4 Å². The molecule has 14 heavy (non-hydrogen) atoms. The SMILES string of the molecule is CCCCc1ccc2scc(Br)c2c1. The normalized spacial score (nSPS) is 11.0. The third-order valence-corrected chi connectivity index (χ3v) is 4.33. The Morgan fingerprint density at radius 3 is 3.00 bits per heavy atom. The van der Waals surface area contributed by atoms with Gasteiger partial charge in [-0.1, -0.05) is 19.4 Å². The molecule has 0 aliphatic heterocycles. The number of benzene rings is 1. The number of hydrogen-bond acceptors (Lipinski definition) is 1. The van der Waals surface area contributed by atoms with Gasteiger partial charge in [-0.25, -0.2) is 0 Å². The number of fused-ring (bicyclic) bond motifs is 1. The minimum atomic E-state index is 1.20. The van der Waals surface area contributed by atoms with Crippen molar-refractivity contribution in [1.82, 2.24) is 0 Å². The van der Waals surface area contributed by atoms with Gasteiger partial charge in [-0.15, -0.1) is 11.3 Å². The maximum Gasteiger partial charge on any atom is 0.0361 e. The first kappa shape index (κ1) is 10.2. The summed E-state index contributed by atoms with van der Waals surface area (Å²) in [5.74, 6) is 0. The number of rotatable bonds is 3. The van der Waals surface area contributed by atoms with Gasteiger partial charge in [-0.2, -0.15) is 0 Å². The quantitative estimate of drug-likeness (QED) is 0.735. The Balaban J connectivity index is 2.34. The number of aryl methyl sites for hydroxylation is 1. The molecule has 0 nitrogen and oxygen atoms in total. The first-order valence-corrected chi connectivity index (χ1v) is 6.64. The molecular formula is C12H13BrS. The molecule has 0 aliphatic rings. The molecule has 0 amide bonds. The Morgan fingerprint density at radius 1 is 1.36 bits per heavy atom. The van der Waals surface area contributed by atoms with E-state index in [0.717, 1.165) is 0 Å². The summed E-state index contributed by atoms with van der Waals surface area (Å²) in [5.41, 5.74) is 1.46. The Bertz CT molecular complexity index is 431. The summed E-state index contributed by atoms with van der Waals surface area (Å²) in [7, 11) is 0. The van der Waals surface area contributed by atoms with E-state index in [-0.39, 0.29) is 0 Å². The Labute approximate surface area is 97.1 Å². The van der Waals surface area contributed by atoms with E-state index < -0.39 is 0 Å². The zero-order chi connectivity index (χ0) is 9.97. The summed E-state index contributed by atoms with van der Waals surface area (Å²) < 4.78 is 2.60. The predicted molar refractivity (Wildman–Crippen MR) is 68.1 cm³/mol. The van der Waals surface area contributed by atoms with E-state index in [1.165, 1.54) is 39.4 Å². The highest BCUT2D eigenvalue weighted by molar-refractivity contribution is 9.10. The van der Waals surface area contributed by atoms with Crippen molar-refractivity contribution in [2.24, 2.45) is 0 Å². The minimum absolute atomic E-state index is 1.20. The van der Waals surface area contributed by atoms with Gasteiger partial charge >= 0.3 is 0 Å². The van der Waals surface area contributed by atoms with Gasteiger partial charge in [0, 0.05) is 19.9 Å². The molecule has 2 aromatic rings. The molecule has 2 rings (SSSR count). The lowest BCUT2D eigenvalue weighted by Gasteiger charge is -2.00. The van der Waals surface area contributed by atoms with Gasteiger partial charge in [0.15, 0.2) is 0 Å². The van der Waals surface area contributed by atoms with Crippen LogP contribution in [0, 0.1) is 0 Å². The van der Waals surface area contributed by atoms with Crippen LogP contribution in [-0.4, -0.2) is 0 Å². The Hall–Kier alpha value is -0.340. The summed E-state index contributed by atoms with van der Waals surface area (Å²) in [4.78, 5) is 0. The summed E-state index contributed by atoms with van der Waals surface area (Å²) in [6.07, 6.45) is 3.75. The number of thiophene rings is 1. The zero-order valence-electron chi connectivity index (χ0n) is 8.22. The number of unbranched alkanes of at least 4 members (excludes halogenated alkanes) is 1. The fourth-order valence-corrected chi connectivity index (χ4v) is 3.12. The van der Waals surface area contributed by atoms with Crippen LogP contribution in [0.15, 0.2) is 28.1 Å². The lowest BCUT2D eigenvalue weighted by atomic mass is 10.1. The van der Waals surface area contributed by atoms with Crippen LogP contribution in [0.1, 0.15) is 25.3 Å². The van der Waals surface area contributed by atoms with Crippen molar-refractivity contribution in [2.45, 2.75) is 26.2 Å². The van der Waals surface area contributed by atoms with E-state index in [9.17, 15) is 0 Å². The fourth-order valence-electron chi connectivity index (χ4n) is 1.58. The maximum atomic E-state index is 3.58. The van der Waals surface area contributed by atoms with Gasteiger partial charge in [0.25, 0.3) is 0 Å². The lowest BCUT2D eigenvalue weighted by Crippen LogP contribution is -1.83. The van der Waals surface area contributed by atoms with Crippen LogP contribution in [0.2, 0.25) is 0 Å². The number of halogens is 1. The van der Waals surface area contributed by atoms with Crippen molar-refractivity contribution < 1.29 is 0 Å². The standard InChI is InChI=1S/C12H13BrS/c1-2-3-4-9-5-6-12-10(7-9)11(13)8-14-12/h5-8H,2-4H2,1H3. The van der Waals surface area contributed by atoms with Crippen LogP contribution in [0.25, 0.3) is 10.1 Å². The molecule has 0 unspecified atom stereocenters. The number of hydrogen-bond donors (Lipinski definition) is 0. The van der Waals surface area contributed by atoms with Crippen LogP contribution in [-0.2, 0) is 6.42 Å². The average Bonchev–Trinajstić information content (AvgIpc) is 2.57. The molecule has 0 saturated heterocycles. The topological polar surface area (TPSA) is 0 Å². The van der Waals surface area contributed by atoms with Crippen molar-refractivity contribution in [3.05, 3.63) is 33.6 Å². The lowest BCUT2D eigenvalue weighted by molar-refractivity contribution is 0.796. The monoisotopic (exact) mass is 268 g/mol. The first-order valence-electron chi connectivity index (χ1n) is 4.97. The molecule has 0 aliphatic carbocycles. The molecule has 1 aromatic carbocycles. The Morgan fingerprint density at radius 2 is 2.21 bits per heavy atom. The largest absolute Gasteiger partial charge is 0.143 e. The summed E-state index contributed by atoms with van der Waals surface area (Å²) in [6.45, 7) is 2.24. The molecule has 74 valence electrons. The van der Waals surface area contributed by atoms with Crippen molar-refractivity contribution in [2.75, 3.05) is 0 Å². The van der Waals surface area contributed by atoms with Gasteiger partial charge in [0.1, 0.15) is 0 Å². The van der Waals surface area contributed by atoms with E-state index >= 15 is 0 Å². The third-order valence-electron chi connectivity index (χ3n) is 2.41. The summed E-state index contributed by atoms with van der Waals surface area (Å²) >= 11 is 5.38. The summed E-state index contributed by atoms with van der Waals surface area (Å²) in [6, 6.07) is 6.79. The molecule has 0 fully saturated rings. The maximum absolute atomic E-state index is 3.58. The molecule has 1 aromatic heterocycles. The van der Waals surface area contributed by atoms with E-state index in [1.807, 2.05) is 0 Å². The Kier molecular flexibility index (Phi) is 3.24. The molecule has 0 saturated carbocycles. The average molecular weight is 269 g/mol. The van der Waals surface area contributed by atoms with Crippen molar-refractivity contribution in [1.29, 1.82) is 0 Å². The van der Waals surface area contributed by atoms with E-state index in [0.29, 0.717) is 0 Å². The predicted octanol–water partition coefficient (Wildman–Crippen LogP) is 5.01. The van der Waals surface area contributed by atoms with Gasteiger partial charge in [-0.3, -0.25) is 0 Å². The molecule has 1 heterocycles. The van der Waals surface area contributed by atoms with Crippen molar-refractivity contribution in [3.63, 3.8) is 0 Å². The molecule has 0 radical (unpaired) electrons. The van der Waals surface area contributed by atoms with Gasteiger partial charge < -0.3 is 0 Å². The third kappa shape index (κ3) is 2.01. The van der Waals surface area contributed by atoms with E-state index in [1.54, 1.807) is 11.3 Å². The second-order valence-electron chi connectivity index (χ2n) is 3.52. The van der Waals surface area contributed by atoms with Crippen LogP contribution >= 0.6 is 27.3 Å². The van der Waals surface area contributed by atoms with Crippen LogP contribution < -0.4 is 0 Å². The highest BCUT2D eigenvalue weighted by Crippen LogP contribution is 2.31. The fraction of sp³-hybridized carbons (Fsp3) is 0.333. The molecule has 0 spiro atoms. The second-order valence-corrected chi connectivity index (χ2v) is 5.28. The molecule has 2 heteroatoms. The highest BCUT2D eigenvalue weighted by Gasteiger charge is 2.01. The molecule has 0 atom stereocenters. The highest BCUT2D eigenvalue weighted by atomic mass is 79.9.